The normalized spacial score (nSPS) is 10.6. The van der Waals surface area contributed by atoms with Gasteiger partial charge in [-0.25, -0.2) is 0 Å². The lowest BCUT2D eigenvalue weighted by Crippen LogP contribution is -2.18. The highest BCUT2D eigenvalue weighted by atomic mass is 32.1. The summed E-state index contributed by atoms with van der Waals surface area (Å²) in [7, 11) is 0. The van der Waals surface area contributed by atoms with Crippen molar-refractivity contribution in [3.05, 3.63) is 80.8 Å². The van der Waals surface area contributed by atoms with Crippen LogP contribution < -0.4 is 10.3 Å². The third-order valence-corrected chi connectivity index (χ3v) is 4.09. The molecule has 0 aliphatic rings. The molecule has 6 heteroatoms. The van der Waals surface area contributed by atoms with E-state index in [4.69, 9.17) is 17.0 Å². The monoisotopic (exact) mass is 354 g/mol. The number of hydrogen-bond donors (Lipinski definition) is 2. The third-order valence-electron chi connectivity index (χ3n) is 3.81. The molecule has 0 atom stereocenters. The van der Waals surface area contributed by atoms with Gasteiger partial charge in [-0.2, -0.15) is 0 Å². The molecule has 0 fully saturated rings. The minimum atomic E-state index is -0.386. The van der Waals surface area contributed by atoms with Crippen LogP contribution in [-0.2, 0) is 6.42 Å². The minimum absolute atomic E-state index is 0.145. The van der Waals surface area contributed by atoms with Crippen LogP contribution in [0.3, 0.4) is 0 Å². The molecule has 1 heterocycles. The molecule has 0 unspecified atom stereocenters. The number of aromatic amines is 1. The predicted molar refractivity (Wildman–Crippen MR) is 99.3 cm³/mol. The first-order valence-electron chi connectivity index (χ1n) is 7.94. The van der Waals surface area contributed by atoms with Crippen LogP contribution >= 0.6 is 12.2 Å². The molecule has 3 aromatic rings. The van der Waals surface area contributed by atoms with Crippen LogP contribution in [0.1, 0.15) is 18.1 Å². The SMILES string of the molecule is CCOc1ccc(Cc2c(O)n(-c3ccccc3)c(=S)[nH]c2=O)cc1. The molecule has 0 aliphatic carbocycles. The largest absolute Gasteiger partial charge is 0.494 e. The number of nitrogens with zero attached hydrogens (tertiary/aromatic N) is 1. The van der Waals surface area contributed by atoms with Crippen molar-refractivity contribution < 1.29 is 9.84 Å². The van der Waals surface area contributed by atoms with Gasteiger partial charge in [0, 0.05) is 6.42 Å². The summed E-state index contributed by atoms with van der Waals surface area (Å²) in [5.41, 5.74) is 1.46. The Morgan fingerprint density at radius 2 is 1.80 bits per heavy atom. The quantitative estimate of drug-likeness (QED) is 0.687. The molecule has 0 amide bonds. The predicted octanol–water partition coefficient (Wildman–Crippen LogP) is 3.59. The zero-order chi connectivity index (χ0) is 17.8. The number of ether oxygens (including phenoxy) is 1. The van der Waals surface area contributed by atoms with Gasteiger partial charge in [0.1, 0.15) is 5.75 Å². The fraction of sp³-hybridized carbons (Fsp3) is 0.158. The molecular weight excluding hydrogens is 336 g/mol. The van der Waals surface area contributed by atoms with Crippen molar-refractivity contribution in [2.75, 3.05) is 6.61 Å². The van der Waals surface area contributed by atoms with Gasteiger partial charge in [-0.1, -0.05) is 30.3 Å². The van der Waals surface area contributed by atoms with Crippen molar-refractivity contribution in [3.8, 4) is 17.3 Å². The summed E-state index contributed by atoms with van der Waals surface area (Å²) < 4.78 is 7.03. The lowest BCUT2D eigenvalue weighted by atomic mass is 10.1. The first-order chi connectivity index (χ1) is 12.1. The Morgan fingerprint density at radius 1 is 1.12 bits per heavy atom. The Hall–Kier alpha value is -2.86. The van der Waals surface area contributed by atoms with Crippen LogP contribution in [0, 0.1) is 4.77 Å². The molecule has 5 nitrogen and oxygen atoms in total. The van der Waals surface area contributed by atoms with Crippen molar-refractivity contribution in [1.29, 1.82) is 0 Å². The molecule has 0 saturated carbocycles. The van der Waals surface area contributed by atoms with Crippen molar-refractivity contribution in [3.63, 3.8) is 0 Å². The van der Waals surface area contributed by atoms with E-state index < -0.39 is 0 Å². The van der Waals surface area contributed by atoms with Gasteiger partial charge in [-0.05, 0) is 49.0 Å². The summed E-state index contributed by atoms with van der Waals surface area (Å²) in [4.78, 5) is 14.9. The smallest absolute Gasteiger partial charge is 0.259 e. The van der Waals surface area contributed by atoms with Crippen molar-refractivity contribution in [2.45, 2.75) is 13.3 Å². The molecule has 0 saturated heterocycles. The standard InChI is InChI=1S/C19H18N2O3S/c1-2-24-15-10-8-13(9-11-15)12-16-17(22)20-19(25)21(18(16)23)14-6-4-3-5-7-14/h3-11,23H,2,12H2,1H3,(H,20,22,25). The number of aromatic hydroxyl groups is 1. The van der Waals surface area contributed by atoms with E-state index in [0.29, 0.717) is 12.3 Å². The average molecular weight is 354 g/mol. The summed E-state index contributed by atoms with van der Waals surface area (Å²) in [6.07, 6.45) is 0.288. The highest BCUT2D eigenvalue weighted by Gasteiger charge is 2.14. The highest BCUT2D eigenvalue weighted by Crippen LogP contribution is 2.22. The fourth-order valence-electron chi connectivity index (χ4n) is 2.61. The highest BCUT2D eigenvalue weighted by molar-refractivity contribution is 7.71. The Balaban J connectivity index is 2.02. The molecule has 25 heavy (non-hydrogen) atoms. The summed E-state index contributed by atoms with van der Waals surface area (Å²) in [6, 6.07) is 16.6. The van der Waals surface area contributed by atoms with Crippen LogP contribution in [-0.4, -0.2) is 21.3 Å². The maximum Gasteiger partial charge on any atom is 0.259 e. The van der Waals surface area contributed by atoms with Gasteiger partial charge in [-0.3, -0.25) is 14.3 Å². The Morgan fingerprint density at radius 3 is 2.44 bits per heavy atom. The van der Waals surface area contributed by atoms with E-state index in [2.05, 4.69) is 4.98 Å². The van der Waals surface area contributed by atoms with E-state index in [1.165, 1.54) is 4.57 Å². The molecule has 128 valence electrons. The van der Waals surface area contributed by atoms with Gasteiger partial charge >= 0.3 is 0 Å². The van der Waals surface area contributed by atoms with E-state index in [0.717, 1.165) is 11.3 Å². The first-order valence-corrected chi connectivity index (χ1v) is 8.35. The van der Waals surface area contributed by atoms with Crippen LogP contribution in [0.2, 0.25) is 0 Å². The lowest BCUT2D eigenvalue weighted by molar-refractivity contribution is 0.340. The zero-order valence-electron chi connectivity index (χ0n) is 13.7. The van der Waals surface area contributed by atoms with Crippen molar-refractivity contribution in [2.24, 2.45) is 0 Å². The molecule has 2 aromatic carbocycles. The molecular formula is C19H18N2O3S. The van der Waals surface area contributed by atoms with Gasteiger partial charge in [0.25, 0.3) is 5.56 Å². The maximum atomic E-state index is 12.3. The van der Waals surface area contributed by atoms with Gasteiger partial charge in [-0.15, -0.1) is 0 Å². The van der Waals surface area contributed by atoms with E-state index in [9.17, 15) is 9.90 Å². The second kappa shape index (κ2) is 7.36. The molecule has 0 bridgehead atoms. The van der Waals surface area contributed by atoms with Crippen LogP contribution in [0.25, 0.3) is 5.69 Å². The third kappa shape index (κ3) is 3.64. The summed E-state index contributed by atoms with van der Waals surface area (Å²) in [5.74, 6) is 0.624. The number of hydrogen-bond acceptors (Lipinski definition) is 4. The number of nitrogens with one attached hydrogen (secondary N) is 1. The van der Waals surface area contributed by atoms with E-state index in [1.807, 2.05) is 61.5 Å². The van der Waals surface area contributed by atoms with E-state index in [-0.39, 0.29) is 28.2 Å². The lowest BCUT2D eigenvalue weighted by Gasteiger charge is -2.13. The van der Waals surface area contributed by atoms with Gasteiger partial charge < -0.3 is 9.84 Å². The van der Waals surface area contributed by atoms with Crippen LogP contribution in [0.15, 0.2) is 59.4 Å². The molecule has 0 aliphatic heterocycles. The van der Waals surface area contributed by atoms with Gasteiger partial charge in [0.2, 0.25) is 5.88 Å². The van der Waals surface area contributed by atoms with Crippen molar-refractivity contribution >= 4 is 12.2 Å². The van der Waals surface area contributed by atoms with Gasteiger partial charge in [0.05, 0.1) is 17.9 Å². The average Bonchev–Trinajstić information content (AvgIpc) is 2.61. The molecule has 0 radical (unpaired) electrons. The van der Waals surface area contributed by atoms with E-state index in [1.54, 1.807) is 0 Å². The second-order valence-corrected chi connectivity index (χ2v) is 5.87. The summed E-state index contributed by atoms with van der Waals surface area (Å²) >= 11 is 5.21. The Bertz CT molecular complexity index is 976. The zero-order valence-corrected chi connectivity index (χ0v) is 14.5. The minimum Gasteiger partial charge on any atom is -0.494 e. The topological polar surface area (TPSA) is 67.2 Å². The second-order valence-electron chi connectivity index (χ2n) is 5.49. The molecule has 3 rings (SSSR count). The maximum absolute atomic E-state index is 12.3. The van der Waals surface area contributed by atoms with E-state index >= 15 is 0 Å². The van der Waals surface area contributed by atoms with Crippen LogP contribution in [0.4, 0.5) is 0 Å². The number of aromatic nitrogens is 2. The fourth-order valence-corrected chi connectivity index (χ4v) is 2.90. The first kappa shape index (κ1) is 17.0. The Kier molecular flexibility index (Phi) is 5.00. The van der Waals surface area contributed by atoms with Gasteiger partial charge in [0.15, 0.2) is 4.77 Å². The number of para-hydroxylation sites is 1. The van der Waals surface area contributed by atoms with Crippen LogP contribution in [0.5, 0.6) is 11.6 Å². The molecule has 1 aromatic heterocycles. The summed E-state index contributed by atoms with van der Waals surface area (Å²) in [5, 5.41) is 10.7. The Labute approximate surface area is 150 Å². The number of rotatable bonds is 5. The summed E-state index contributed by atoms with van der Waals surface area (Å²) in [6.45, 7) is 2.52. The molecule has 2 N–H and O–H groups in total. The number of benzene rings is 2. The number of H-pyrrole nitrogens is 1. The molecule has 0 spiro atoms. The van der Waals surface area contributed by atoms with Crippen molar-refractivity contribution in [1.82, 2.24) is 9.55 Å².